The number of ketones is 1. The number of rotatable bonds is 7. The van der Waals surface area contributed by atoms with Crippen LogP contribution in [-0.4, -0.2) is 23.5 Å². The van der Waals surface area contributed by atoms with Crippen LogP contribution in [0.5, 0.6) is 5.75 Å². The Balaban J connectivity index is 1.50. The van der Waals surface area contributed by atoms with Crippen molar-refractivity contribution in [1.82, 2.24) is 0 Å². The van der Waals surface area contributed by atoms with E-state index in [1.807, 2.05) is 30.3 Å². The third kappa shape index (κ3) is 4.23. The van der Waals surface area contributed by atoms with Crippen LogP contribution in [0, 0.1) is 0 Å². The van der Waals surface area contributed by atoms with Gasteiger partial charge < -0.3 is 9.84 Å². The van der Waals surface area contributed by atoms with Crippen molar-refractivity contribution in [3.8, 4) is 5.75 Å². The number of carbonyl (C=O) groups is 2. The van der Waals surface area contributed by atoms with Gasteiger partial charge >= 0.3 is 5.97 Å². The summed E-state index contributed by atoms with van der Waals surface area (Å²) >= 11 is 0. The molecule has 0 atom stereocenters. The Bertz CT molecular complexity index is 897. The standard InChI is InChI=1S/C21H18O4/c22-20(21(23)24)17-9-7-15(8-10-17)4-3-13-25-19-12-11-16-5-1-2-6-18(16)14-19/h1-2,5-12,14H,3-4,13H2,(H,23,24). The van der Waals surface area contributed by atoms with Gasteiger partial charge in [0, 0.05) is 5.56 Å². The van der Waals surface area contributed by atoms with Gasteiger partial charge in [-0.25, -0.2) is 4.79 Å². The number of hydrogen-bond acceptors (Lipinski definition) is 3. The molecule has 0 saturated carbocycles. The van der Waals surface area contributed by atoms with Crippen molar-refractivity contribution in [3.05, 3.63) is 77.9 Å². The predicted octanol–water partition coefficient (Wildman–Crippen LogP) is 4.12. The van der Waals surface area contributed by atoms with Crippen molar-refractivity contribution in [2.75, 3.05) is 6.61 Å². The summed E-state index contributed by atoms with van der Waals surface area (Å²) in [5.41, 5.74) is 1.24. The van der Waals surface area contributed by atoms with E-state index in [0.717, 1.165) is 29.5 Å². The van der Waals surface area contributed by atoms with Crippen LogP contribution in [0.2, 0.25) is 0 Å². The molecule has 0 heterocycles. The van der Waals surface area contributed by atoms with Crippen molar-refractivity contribution in [1.29, 1.82) is 0 Å². The van der Waals surface area contributed by atoms with E-state index in [9.17, 15) is 9.59 Å². The van der Waals surface area contributed by atoms with Crippen molar-refractivity contribution in [2.24, 2.45) is 0 Å². The van der Waals surface area contributed by atoms with Crippen LogP contribution in [0.3, 0.4) is 0 Å². The summed E-state index contributed by atoms with van der Waals surface area (Å²) in [4.78, 5) is 22.0. The number of aryl methyl sites for hydroxylation is 1. The maximum absolute atomic E-state index is 11.3. The lowest BCUT2D eigenvalue weighted by molar-refractivity contribution is -0.131. The third-order valence-corrected chi connectivity index (χ3v) is 4.01. The lowest BCUT2D eigenvalue weighted by Crippen LogP contribution is -2.12. The normalized spacial score (nSPS) is 10.6. The zero-order valence-corrected chi connectivity index (χ0v) is 13.6. The van der Waals surface area contributed by atoms with Crippen LogP contribution < -0.4 is 4.74 Å². The average molecular weight is 334 g/mol. The van der Waals surface area contributed by atoms with Crippen LogP contribution in [0.1, 0.15) is 22.3 Å². The summed E-state index contributed by atoms with van der Waals surface area (Å²) in [5, 5.41) is 11.0. The Morgan fingerprint density at radius 1 is 0.880 bits per heavy atom. The highest BCUT2D eigenvalue weighted by Gasteiger charge is 2.13. The van der Waals surface area contributed by atoms with Gasteiger partial charge in [0.25, 0.3) is 5.78 Å². The zero-order chi connectivity index (χ0) is 17.6. The molecule has 3 aromatic rings. The topological polar surface area (TPSA) is 63.6 Å². The Labute approximate surface area is 145 Å². The maximum atomic E-state index is 11.3. The Hall–Kier alpha value is -3.14. The highest BCUT2D eigenvalue weighted by Crippen LogP contribution is 2.20. The fourth-order valence-corrected chi connectivity index (χ4v) is 2.67. The lowest BCUT2D eigenvalue weighted by atomic mass is 10.1. The molecule has 4 heteroatoms. The lowest BCUT2D eigenvalue weighted by Gasteiger charge is -2.08. The SMILES string of the molecule is O=C(O)C(=O)c1ccc(CCCOc2ccc3ccccc3c2)cc1. The van der Waals surface area contributed by atoms with E-state index in [2.05, 4.69) is 12.1 Å². The van der Waals surface area contributed by atoms with E-state index >= 15 is 0 Å². The minimum atomic E-state index is -1.43. The van der Waals surface area contributed by atoms with Gasteiger partial charge in [-0.1, -0.05) is 54.6 Å². The largest absolute Gasteiger partial charge is 0.494 e. The molecule has 0 spiro atoms. The van der Waals surface area contributed by atoms with Crippen LogP contribution in [0.4, 0.5) is 0 Å². The molecule has 0 fully saturated rings. The van der Waals surface area contributed by atoms with Crippen molar-refractivity contribution < 1.29 is 19.4 Å². The fourth-order valence-electron chi connectivity index (χ4n) is 2.67. The molecule has 1 N–H and O–H groups in total. The number of Topliss-reactive ketones (excluding diaryl/α,β-unsaturated/α-hetero) is 1. The van der Waals surface area contributed by atoms with Crippen LogP contribution in [0.15, 0.2) is 66.7 Å². The number of hydrogen-bond donors (Lipinski definition) is 1. The summed E-state index contributed by atoms with van der Waals surface area (Å²) in [6.45, 7) is 0.591. The Kier molecular flexibility index (Phi) is 5.09. The summed E-state index contributed by atoms with van der Waals surface area (Å²) in [6, 6.07) is 20.9. The smallest absolute Gasteiger partial charge is 0.377 e. The number of carboxylic acids is 1. The predicted molar refractivity (Wildman–Crippen MR) is 96.2 cm³/mol. The van der Waals surface area contributed by atoms with E-state index in [0.29, 0.717) is 6.61 Å². The summed E-state index contributed by atoms with van der Waals surface area (Å²) in [6.07, 6.45) is 1.63. The first kappa shape index (κ1) is 16.7. The molecule has 0 aliphatic carbocycles. The van der Waals surface area contributed by atoms with E-state index in [4.69, 9.17) is 9.84 Å². The van der Waals surface area contributed by atoms with E-state index < -0.39 is 11.8 Å². The Morgan fingerprint density at radius 3 is 2.32 bits per heavy atom. The minimum Gasteiger partial charge on any atom is -0.494 e. The van der Waals surface area contributed by atoms with Crippen molar-refractivity contribution in [2.45, 2.75) is 12.8 Å². The first-order valence-electron chi connectivity index (χ1n) is 8.11. The number of fused-ring (bicyclic) bond motifs is 1. The van der Waals surface area contributed by atoms with E-state index in [-0.39, 0.29) is 5.56 Å². The molecule has 0 radical (unpaired) electrons. The van der Waals surface area contributed by atoms with Crippen LogP contribution >= 0.6 is 0 Å². The molecular formula is C21H18O4. The fraction of sp³-hybridized carbons (Fsp3) is 0.143. The average Bonchev–Trinajstić information content (AvgIpc) is 2.65. The minimum absolute atomic E-state index is 0.198. The maximum Gasteiger partial charge on any atom is 0.377 e. The molecule has 0 aliphatic heterocycles. The molecule has 0 bridgehead atoms. The van der Waals surface area contributed by atoms with Gasteiger partial charge in [0.1, 0.15) is 5.75 Å². The number of carbonyl (C=O) groups excluding carboxylic acids is 1. The summed E-state index contributed by atoms with van der Waals surface area (Å²) in [5.74, 6) is -1.47. The second-order valence-corrected chi connectivity index (χ2v) is 5.79. The van der Waals surface area contributed by atoms with Gasteiger partial charge in [-0.15, -0.1) is 0 Å². The number of benzene rings is 3. The number of ether oxygens (including phenoxy) is 1. The monoisotopic (exact) mass is 334 g/mol. The second-order valence-electron chi connectivity index (χ2n) is 5.79. The first-order valence-corrected chi connectivity index (χ1v) is 8.11. The van der Waals surface area contributed by atoms with E-state index in [1.165, 1.54) is 5.39 Å². The second kappa shape index (κ2) is 7.62. The Morgan fingerprint density at radius 2 is 1.60 bits per heavy atom. The zero-order valence-electron chi connectivity index (χ0n) is 13.6. The van der Waals surface area contributed by atoms with Gasteiger partial charge in [-0.2, -0.15) is 0 Å². The molecule has 0 unspecified atom stereocenters. The first-order chi connectivity index (χ1) is 12.1. The van der Waals surface area contributed by atoms with Gasteiger partial charge in [0.05, 0.1) is 6.61 Å². The van der Waals surface area contributed by atoms with Crippen molar-refractivity contribution >= 4 is 22.5 Å². The van der Waals surface area contributed by atoms with Gasteiger partial charge in [0.2, 0.25) is 0 Å². The number of carboxylic acid groups (broad SMARTS) is 1. The third-order valence-electron chi connectivity index (χ3n) is 4.01. The summed E-state index contributed by atoms with van der Waals surface area (Å²) in [7, 11) is 0. The molecule has 3 rings (SSSR count). The quantitative estimate of drug-likeness (QED) is 0.401. The molecule has 0 saturated heterocycles. The molecule has 3 aromatic carbocycles. The molecule has 0 amide bonds. The summed E-state index contributed by atoms with van der Waals surface area (Å²) < 4.78 is 5.80. The molecular weight excluding hydrogens is 316 g/mol. The molecule has 4 nitrogen and oxygen atoms in total. The molecule has 25 heavy (non-hydrogen) atoms. The van der Waals surface area contributed by atoms with Crippen LogP contribution in [-0.2, 0) is 11.2 Å². The number of aliphatic carboxylic acids is 1. The highest BCUT2D eigenvalue weighted by atomic mass is 16.5. The van der Waals surface area contributed by atoms with Crippen molar-refractivity contribution in [3.63, 3.8) is 0 Å². The highest BCUT2D eigenvalue weighted by molar-refractivity contribution is 6.39. The molecule has 126 valence electrons. The van der Waals surface area contributed by atoms with E-state index in [1.54, 1.807) is 24.3 Å². The molecule has 0 aromatic heterocycles. The van der Waals surface area contributed by atoms with Gasteiger partial charge in [-0.05, 0) is 41.3 Å². The van der Waals surface area contributed by atoms with Gasteiger partial charge in [0.15, 0.2) is 0 Å². The molecule has 0 aliphatic rings. The van der Waals surface area contributed by atoms with Crippen LogP contribution in [0.25, 0.3) is 10.8 Å². The van der Waals surface area contributed by atoms with Gasteiger partial charge in [-0.3, -0.25) is 4.79 Å².